The normalized spacial score (nSPS) is 12.8. The second-order valence-corrected chi connectivity index (χ2v) is 8.28. The summed E-state index contributed by atoms with van der Waals surface area (Å²) in [5.41, 5.74) is 1.53. The van der Waals surface area contributed by atoms with Crippen LogP contribution in [0.1, 0.15) is 70.1 Å². The molecule has 0 amide bonds. The molecule has 0 fully saturated rings. The second-order valence-electron chi connectivity index (χ2n) is 8.28. The van der Waals surface area contributed by atoms with Crippen LogP contribution in [0.25, 0.3) is 10.9 Å². The van der Waals surface area contributed by atoms with Crippen LogP contribution in [0.2, 0.25) is 0 Å². The number of rotatable bonds is 13. The number of anilines is 1. The molecule has 1 aromatic heterocycles. The van der Waals surface area contributed by atoms with E-state index >= 15 is 0 Å². The van der Waals surface area contributed by atoms with Crippen LogP contribution >= 0.6 is 0 Å². The first-order valence-electron chi connectivity index (χ1n) is 11.6. The molecular formula is C26H33F3N2O. The van der Waals surface area contributed by atoms with Crippen LogP contribution < -0.4 is 10.1 Å². The van der Waals surface area contributed by atoms with E-state index in [9.17, 15) is 13.2 Å². The number of aromatic nitrogens is 1. The SMILES string of the molecule is CCCCCCCCCCNc1ccc(OC(c2cc3ccccc3[nH]2)C(F)(F)F)cc1. The van der Waals surface area contributed by atoms with Gasteiger partial charge in [0.05, 0.1) is 5.69 Å². The second kappa shape index (κ2) is 11.8. The Morgan fingerprint density at radius 2 is 1.53 bits per heavy atom. The van der Waals surface area contributed by atoms with Crippen molar-refractivity contribution < 1.29 is 17.9 Å². The monoisotopic (exact) mass is 446 g/mol. The Morgan fingerprint density at radius 1 is 0.875 bits per heavy atom. The molecule has 3 aromatic rings. The molecule has 0 aliphatic carbocycles. The molecule has 0 spiro atoms. The highest BCUT2D eigenvalue weighted by atomic mass is 19.4. The van der Waals surface area contributed by atoms with Crippen LogP contribution in [-0.2, 0) is 0 Å². The maximum atomic E-state index is 13.7. The van der Waals surface area contributed by atoms with Gasteiger partial charge in [-0.05, 0) is 48.2 Å². The summed E-state index contributed by atoms with van der Waals surface area (Å²) in [6.07, 6.45) is 3.49. The number of H-pyrrole nitrogens is 1. The number of unbranched alkanes of at least 4 members (excludes halogenated alkanes) is 7. The van der Waals surface area contributed by atoms with Gasteiger partial charge in [0, 0.05) is 17.7 Å². The van der Waals surface area contributed by atoms with E-state index < -0.39 is 12.3 Å². The van der Waals surface area contributed by atoms with Crippen LogP contribution in [0, 0.1) is 0 Å². The summed E-state index contributed by atoms with van der Waals surface area (Å²) in [7, 11) is 0. The molecule has 6 heteroatoms. The number of para-hydroxylation sites is 1. The van der Waals surface area contributed by atoms with E-state index in [0.717, 1.165) is 24.0 Å². The van der Waals surface area contributed by atoms with E-state index in [1.54, 1.807) is 48.5 Å². The minimum atomic E-state index is -4.53. The van der Waals surface area contributed by atoms with E-state index in [1.807, 2.05) is 0 Å². The third-order valence-electron chi connectivity index (χ3n) is 5.60. The molecule has 0 saturated heterocycles. The van der Waals surface area contributed by atoms with Crippen LogP contribution in [0.4, 0.5) is 18.9 Å². The van der Waals surface area contributed by atoms with Crippen molar-refractivity contribution in [3.63, 3.8) is 0 Å². The predicted octanol–water partition coefficient (Wildman–Crippen LogP) is 8.40. The van der Waals surface area contributed by atoms with Crippen molar-refractivity contribution in [2.75, 3.05) is 11.9 Å². The summed E-state index contributed by atoms with van der Waals surface area (Å²) in [5, 5.41) is 4.06. The predicted molar refractivity (Wildman–Crippen MR) is 125 cm³/mol. The summed E-state index contributed by atoms with van der Waals surface area (Å²) in [4.78, 5) is 2.84. The molecule has 0 saturated carbocycles. The van der Waals surface area contributed by atoms with Crippen molar-refractivity contribution in [3.8, 4) is 5.75 Å². The molecule has 0 aliphatic heterocycles. The first-order valence-corrected chi connectivity index (χ1v) is 11.6. The van der Waals surface area contributed by atoms with Crippen molar-refractivity contribution in [1.82, 2.24) is 4.98 Å². The topological polar surface area (TPSA) is 37.0 Å². The summed E-state index contributed by atoms with van der Waals surface area (Å²) in [6, 6.07) is 15.3. The third-order valence-corrected chi connectivity index (χ3v) is 5.60. The van der Waals surface area contributed by atoms with Crippen LogP contribution in [0.3, 0.4) is 0 Å². The lowest BCUT2D eigenvalue weighted by atomic mass is 10.1. The molecule has 1 unspecified atom stereocenters. The summed E-state index contributed by atoms with van der Waals surface area (Å²) < 4.78 is 46.5. The molecule has 0 bridgehead atoms. The molecule has 0 aliphatic rings. The number of nitrogens with one attached hydrogen (secondary N) is 2. The number of aromatic amines is 1. The third kappa shape index (κ3) is 7.21. The van der Waals surface area contributed by atoms with E-state index in [2.05, 4.69) is 17.2 Å². The maximum Gasteiger partial charge on any atom is 0.431 e. The van der Waals surface area contributed by atoms with Crippen molar-refractivity contribution in [3.05, 3.63) is 60.3 Å². The van der Waals surface area contributed by atoms with Crippen LogP contribution in [-0.4, -0.2) is 17.7 Å². The fraction of sp³-hybridized carbons (Fsp3) is 0.462. The quantitative estimate of drug-likeness (QED) is 0.259. The highest BCUT2D eigenvalue weighted by molar-refractivity contribution is 5.80. The van der Waals surface area contributed by atoms with Gasteiger partial charge in [-0.1, -0.05) is 70.1 Å². The Labute approximate surface area is 188 Å². The Morgan fingerprint density at radius 3 is 2.19 bits per heavy atom. The summed E-state index contributed by atoms with van der Waals surface area (Å²) >= 11 is 0. The van der Waals surface area contributed by atoms with Gasteiger partial charge in [0.2, 0.25) is 6.10 Å². The number of fused-ring (bicyclic) bond motifs is 1. The summed E-state index contributed by atoms with van der Waals surface area (Å²) in [6.45, 7) is 3.08. The van der Waals surface area contributed by atoms with E-state index in [1.165, 1.54) is 51.0 Å². The molecule has 32 heavy (non-hydrogen) atoms. The molecular weight excluding hydrogens is 413 g/mol. The van der Waals surface area contributed by atoms with Gasteiger partial charge in [0.25, 0.3) is 0 Å². The van der Waals surface area contributed by atoms with E-state index in [0.29, 0.717) is 5.52 Å². The Balaban J connectivity index is 1.49. The molecule has 174 valence electrons. The lowest BCUT2D eigenvalue weighted by molar-refractivity contribution is -0.198. The number of hydrogen-bond donors (Lipinski definition) is 2. The number of hydrogen-bond acceptors (Lipinski definition) is 2. The number of ether oxygens (including phenoxy) is 1. The molecule has 2 N–H and O–H groups in total. The number of halogens is 3. The Bertz CT molecular complexity index is 901. The van der Waals surface area contributed by atoms with Crippen molar-refractivity contribution in [2.24, 2.45) is 0 Å². The largest absolute Gasteiger partial charge is 0.475 e. The van der Waals surface area contributed by atoms with Crippen molar-refractivity contribution in [1.29, 1.82) is 0 Å². The molecule has 0 radical (unpaired) electrons. The van der Waals surface area contributed by atoms with Gasteiger partial charge in [0.1, 0.15) is 5.75 Å². The van der Waals surface area contributed by atoms with Gasteiger partial charge in [-0.25, -0.2) is 0 Å². The first-order chi connectivity index (χ1) is 15.5. The zero-order valence-electron chi connectivity index (χ0n) is 18.7. The van der Waals surface area contributed by atoms with Gasteiger partial charge in [-0.3, -0.25) is 0 Å². The fourth-order valence-corrected chi connectivity index (χ4v) is 3.82. The summed E-state index contributed by atoms with van der Waals surface area (Å²) in [5.74, 6) is 0.184. The average Bonchev–Trinajstić information content (AvgIpc) is 3.20. The van der Waals surface area contributed by atoms with Crippen molar-refractivity contribution in [2.45, 2.75) is 70.6 Å². The van der Waals surface area contributed by atoms with Crippen LogP contribution in [0.15, 0.2) is 54.6 Å². The minimum Gasteiger partial charge on any atom is -0.475 e. The fourth-order valence-electron chi connectivity index (χ4n) is 3.82. The van der Waals surface area contributed by atoms with Gasteiger partial charge in [0.15, 0.2) is 0 Å². The van der Waals surface area contributed by atoms with Gasteiger partial charge in [-0.15, -0.1) is 0 Å². The van der Waals surface area contributed by atoms with Gasteiger partial charge < -0.3 is 15.0 Å². The number of alkyl halides is 3. The first kappa shape index (κ1) is 24.0. The molecule has 2 aromatic carbocycles. The highest BCUT2D eigenvalue weighted by Crippen LogP contribution is 2.37. The van der Waals surface area contributed by atoms with Crippen LogP contribution in [0.5, 0.6) is 5.75 Å². The number of benzene rings is 2. The standard InChI is InChI=1S/C26H33F3N2O/c1-2-3-4-5-6-7-8-11-18-30-21-14-16-22(17-15-21)32-25(26(27,28)29)24-19-20-12-9-10-13-23(20)31-24/h9-10,12-17,19,25,30-31H,2-8,11,18H2,1H3. The Kier molecular flexibility index (Phi) is 8.89. The Hall–Kier alpha value is -2.63. The van der Waals surface area contributed by atoms with E-state index in [-0.39, 0.29) is 11.4 Å². The smallest absolute Gasteiger partial charge is 0.431 e. The zero-order valence-corrected chi connectivity index (χ0v) is 18.7. The lowest BCUT2D eigenvalue weighted by Crippen LogP contribution is -2.26. The van der Waals surface area contributed by atoms with E-state index in [4.69, 9.17) is 4.74 Å². The van der Waals surface area contributed by atoms with Crippen molar-refractivity contribution >= 4 is 16.6 Å². The lowest BCUT2D eigenvalue weighted by Gasteiger charge is -2.21. The highest BCUT2D eigenvalue weighted by Gasteiger charge is 2.44. The molecule has 1 heterocycles. The van der Waals surface area contributed by atoms with Gasteiger partial charge >= 0.3 is 6.18 Å². The van der Waals surface area contributed by atoms with Gasteiger partial charge in [-0.2, -0.15) is 13.2 Å². The minimum absolute atomic E-state index is 0.00408. The molecule has 1 atom stereocenters. The molecule has 3 rings (SSSR count). The maximum absolute atomic E-state index is 13.7. The molecule has 3 nitrogen and oxygen atoms in total. The average molecular weight is 447 g/mol. The zero-order chi connectivity index (χ0) is 22.8.